The van der Waals surface area contributed by atoms with Crippen LogP contribution < -0.4 is 9.47 Å². The van der Waals surface area contributed by atoms with Gasteiger partial charge in [0, 0.05) is 12.4 Å². The van der Waals surface area contributed by atoms with Crippen LogP contribution in [0.1, 0.15) is 23.9 Å². The Bertz CT molecular complexity index is 626. The monoisotopic (exact) mass is 416 g/mol. The molecule has 0 radical (unpaired) electrons. The minimum atomic E-state index is 0.439. The molecule has 1 aromatic heterocycles. The number of benzene rings is 1. The first-order chi connectivity index (χ1) is 10.1. The Morgan fingerprint density at radius 2 is 2.05 bits per heavy atom. The van der Waals surface area contributed by atoms with E-state index in [0.717, 1.165) is 44.7 Å². The van der Waals surface area contributed by atoms with E-state index in [4.69, 9.17) is 9.47 Å². The first kappa shape index (κ1) is 16.4. The van der Waals surface area contributed by atoms with Gasteiger partial charge in [0.05, 0.1) is 23.0 Å². The normalized spacial score (nSPS) is 10.7. The van der Waals surface area contributed by atoms with Crippen LogP contribution in [0.2, 0.25) is 0 Å². The molecule has 0 spiro atoms. The zero-order valence-electron chi connectivity index (χ0n) is 12.3. The molecule has 0 fully saturated rings. The fourth-order valence-electron chi connectivity index (χ4n) is 2.04. The highest BCUT2D eigenvalue weighted by molar-refractivity contribution is 9.10. The number of nitrogens with zero attached hydrogens (tertiary/aromatic N) is 2. The molecule has 2 rings (SSSR count). The maximum Gasteiger partial charge on any atom is 0.161 e. The van der Waals surface area contributed by atoms with Crippen LogP contribution >= 0.6 is 31.9 Å². The zero-order valence-corrected chi connectivity index (χ0v) is 15.5. The minimum absolute atomic E-state index is 0.439. The summed E-state index contributed by atoms with van der Waals surface area (Å²) in [6.45, 7) is 2.52. The summed E-state index contributed by atoms with van der Waals surface area (Å²) in [4.78, 5) is 0. The topological polar surface area (TPSA) is 36.3 Å². The summed E-state index contributed by atoms with van der Waals surface area (Å²) in [6.07, 6.45) is 0.887. The van der Waals surface area contributed by atoms with Crippen molar-refractivity contribution in [3.05, 3.63) is 39.6 Å². The molecule has 0 atom stereocenters. The van der Waals surface area contributed by atoms with Crippen LogP contribution in [-0.2, 0) is 25.4 Å². The van der Waals surface area contributed by atoms with Gasteiger partial charge >= 0.3 is 0 Å². The second-order valence-corrected chi connectivity index (χ2v) is 5.95. The van der Waals surface area contributed by atoms with E-state index in [9.17, 15) is 0 Å². The fourth-order valence-corrected chi connectivity index (χ4v) is 3.12. The molecule has 0 aliphatic carbocycles. The summed E-state index contributed by atoms with van der Waals surface area (Å²) in [5.41, 5.74) is 3.20. The van der Waals surface area contributed by atoms with Crippen molar-refractivity contribution in [2.45, 2.75) is 25.3 Å². The molecule has 2 aromatic rings. The van der Waals surface area contributed by atoms with E-state index in [1.54, 1.807) is 7.11 Å². The van der Waals surface area contributed by atoms with Crippen molar-refractivity contribution >= 4 is 31.9 Å². The maximum atomic E-state index is 5.90. The Morgan fingerprint density at radius 1 is 1.29 bits per heavy atom. The lowest BCUT2D eigenvalue weighted by molar-refractivity contribution is 0.275. The standard InChI is InChI=1S/C15H18Br2N2O2/c1-4-11-15(17)12(19(2)18-11)9-21-13-6-5-10(8-16)7-14(13)20-3/h5-7H,4,8-9H2,1-3H3. The lowest BCUT2D eigenvalue weighted by Gasteiger charge is -2.12. The number of methoxy groups -OCH3 is 1. The summed E-state index contributed by atoms with van der Waals surface area (Å²) < 4.78 is 14.2. The Hall–Kier alpha value is -1.01. The molecule has 1 aromatic carbocycles. The highest BCUT2D eigenvalue weighted by Gasteiger charge is 2.14. The predicted molar refractivity (Wildman–Crippen MR) is 90.2 cm³/mol. The van der Waals surface area contributed by atoms with Gasteiger partial charge in [-0.05, 0) is 40.0 Å². The molecule has 0 amide bonds. The number of alkyl halides is 1. The third kappa shape index (κ3) is 3.61. The van der Waals surface area contributed by atoms with E-state index >= 15 is 0 Å². The molecule has 6 heteroatoms. The summed E-state index contributed by atoms with van der Waals surface area (Å²) in [6, 6.07) is 5.92. The highest BCUT2D eigenvalue weighted by Crippen LogP contribution is 2.30. The average molecular weight is 418 g/mol. The summed E-state index contributed by atoms with van der Waals surface area (Å²) in [7, 11) is 3.57. The van der Waals surface area contributed by atoms with Crippen LogP contribution in [0.5, 0.6) is 11.5 Å². The second kappa shape index (κ2) is 7.31. The molecule has 21 heavy (non-hydrogen) atoms. The van der Waals surface area contributed by atoms with Crippen LogP contribution in [0.4, 0.5) is 0 Å². The van der Waals surface area contributed by atoms with Gasteiger partial charge in [-0.15, -0.1) is 0 Å². The molecule has 4 nitrogen and oxygen atoms in total. The van der Waals surface area contributed by atoms with Crippen molar-refractivity contribution < 1.29 is 9.47 Å². The van der Waals surface area contributed by atoms with Crippen molar-refractivity contribution in [2.75, 3.05) is 7.11 Å². The fraction of sp³-hybridized carbons (Fsp3) is 0.400. The van der Waals surface area contributed by atoms with E-state index in [2.05, 4.69) is 43.9 Å². The minimum Gasteiger partial charge on any atom is -0.493 e. The molecule has 0 unspecified atom stereocenters. The van der Waals surface area contributed by atoms with Gasteiger partial charge < -0.3 is 9.47 Å². The molecule has 0 aliphatic rings. The van der Waals surface area contributed by atoms with Crippen LogP contribution in [0.15, 0.2) is 22.7 Å². The molecular formula is C15H18Br2N2O2. The summed E-state index contributed by atoms with van der Waals surface area (Å²) in [5, 5.41) is 5.25. The van der Waals surface area contributed by atoms with Crippen molar-refractivity contribution in [1.82, 2.24) is 9.78 Å². The SMILES string of the molecule is CCc1nn(C)c(COc2ccc(CBr)cc2OC)c1Br. The van der Waals surface area contributed by atoms with Crippen LogP contribution in [0.3, 0.4) is 0 Å². The van der Waals surface area contributed by atoms with E-state index in [-0.39, 0.29) is 0 Å². The average Bonchev–Trinajstić information content (AvgIpc) is 2.79. The van der Waals surface area contributed by atoms with Gasteiger partial charge in [0.1, 0.15) is 6.61 Å². The van der Waals surface area contributed by atoms with Gasteiger partial charge in [-0.1, -0.05) is 28.9 Å². The first-order valence-electron chi connectivity index (χ1n) is 6.66. The smallest absolute Gasteiger partial charge is 0.161 e. The van der Waals surface area contributed by atoms with Crippen LogP contribution in [0, 0.1) is 0 Å². The maximum absolute atomic E-state index is 5.90. The van der Waals surface area contributed by atoms with Gasteiger partial charge in [-0.2, -0.15) is 5.10 Å². The number of rotatable bonds is 6. The summed E-state index contributed by atoms with van der Waals surface area (Å²) >= 11 is 7.03. The number of aromatic nitrogens is 2. The van der Waals surface area contributed by atoms with E-state index in [1.165, 1.54) is 0 Å². The van der Waals surface area contributed by atoms with Crippen molar-refractivity contribution in [3.8, 4) is 11.5 Å². The van der Waals surface area contributed by atoms with Crippen molar-refractivity contribution in [2.24, 2.45) is 7.05 Å². The highest BCUT2D eigenvalue weighted by atomic mass is 79.9. The number of aryl methyl sites for hydroxylation is 2. The third-order valence-electron chi connectivity index (χ3n) is 3.25. The van der Waals surface area contributed by atoms with Gasteiger partial charge in [0.2, 0.25) is 0 Å². The Labute approximate surface area is 141 Å². The number of ether oxygens (including phenoxy) is 2. The lowest BCUT2D eigenvalue weighted by Crippen LogP contribution is -2.04. The molecular weight excluding hydrogens is 400 g/mol. The zero-order chi connectivity index (χ0) is 15.4. The van der Waals surface area contributed by atoms with Gasteiger partial charge in [-0.25, -0.2) is 0 Å². The molecule has 0 saturated carbocycles. The largest absolute Gasteiger partial charge is 0.493 e. The number of hydrogen-bond donors (Lipinski definition) is 0. The Morgan fingerprint density at radius 3 is 2.62 bits per heavy atom. The molecule has 0 aliphatic heterocycles. The van der Waals surface area contributed by atoms with E-state index in [0.29, 0.717) is 6.61 Å². The van der Waals surface area contributed by atoms with Gasteiger partial charge in [0.15, 0.2) is 11.5 Å². The quantitative estimate of drug-likeness (QED) is 0.660. The number of halogens is 2. The molecule has 0 N–H and O–H groups in total. The Kier molecular flexibility index (Phi) is 5.70. The second-order valence-electron chi connectivity index (χ2n) is 4.59. The third-order valence-corrected chi connectivity index (χ3v) is 4.81. The van der Waals surface area contributed by atoms with Crippen LogP contribution in [-0.4, -0.2) is 16.9 Å². The molecule has 114 valence electrons. The van der Waals surface area contributed by atoms with Gasteiger partial charge in [-0.3, -0.25) is 4.68 Å². The van der Waals surface area contributed by atoms with Crippen molar-refractivity contribution in [3.63, 3.8) is 0 Å². The molecule has 0 bridgehead atoms. The number of hydrogen-bond acceptors (Lipinski definition) is 3. The lowest BCUT2D eigenvalue weighted by atomic mass is 10.2. The van der Waals surface area contributed by atoms with E-state index < -0.39 is 0 Å². The van der Waals surface area contributed by atoms with Crippen molar-refractivity contribution in [1.29, 1.82) is 0 Å². The summed E-state index contributed by atoms with van der Waals surface area (Å²) in [5.74, 6) is 1.47. The molecule has 1 heterocycles. The Balaban J connectivity index is 2.18. The van der Waals surface area contributed by atoms with Crippen LogP contribution in [0.25, 0.3) is 0 Å². The van der Waals surface area contributed by atoms with E-state index in [1.807, 2.05) is 29.9 Å². The molecule has 0 saturated heterocycles. The predicted octanol–water partition coefficient (Wildman–Crippen LogP) is 4.23. The van der Waals surface area contributed by atoms with Gasteiger partial charge in [0.25, 0.3) is 0 Å². The first-order valence-corrected chi connectivity index (χ1v) is 8.58.